The molecule has 0 spiro atoms. The molecule has 1 rings (SSSR count). The number of ether oxygens (including phenoxy) is 2. The van der Waals surface area contributed by atoms with Crippen molar-refractivity contribution in [3.8, 4) is 0 Å². The highest BCUT2D eigenvalue weighted by atomic mass is 16.7. The first-order valence-corrected chi connectivity index (χ1v) is 9.98. The van der Waals surface area contributed by atoms with E-state index in [1.165, 1.54) is 6.92 Å². The summed E-state index contributed by atoms with van der Waals surface area (Å²) in [7, 11) is 0. The van der Waals surface area contributed by atoms with Crippen LogP contribution in [0.3, 0.4) is 0 Å². The number of nitrogens with zero attached hydrogens (tertiary/aromatic N) is 1. The smallest absolute Gasteiger partial charge is 0.417 e. The summed E-state index contributed by atoms with van der Waals surface area (Å²) in [5.41, 5.74) is 1.00. The summed E-state index contributed by atoms with van der Waals surface area (Å²) in [6, 6.07) is 9.50. The van der Waals surface area contributed by atoms with Gasteiger partial charge in [-0.2, -0.15) is 5.06 Å². The Hall–Kier alpha value is -3.10. The molecule has 0 saturated carbocycles. The molecule has 0 saturated heterocycles. The van der Waals surface area contributed by atoms with Crippen LogP contribution >= 0.6 is 0 Å². The van der Waals surface area contributed by atoms with Gasteiger partial charge in [0.05, 0.1) is 6.54 Å². The number of rotatable bonds is 9. The second-order valence-electron chi connectivity index (χ2n) is 7.01. The van der Waals surface area contributed by atoms with Crippen LogP contribution in [0.25, 0.3) is 0 Å². The Bertz CT molecular complexity index is 708. The molecule has 2 N–H and O–H groups in total. The number of amides is 1. The van der Waals surface area contributed by atoms with Gasteiger partial charge in [0.2, 0.25) is 5.96 Å². The molecule has 1 amide bonds. The third-order valence-corrected chi connectivity index (χ3v) is 3.90. The van der Waals surface area contributed by atoms with Crippen LogP contribution in [0.15, 0.2) is 30.3 Å². The van der Waals surface area contributed by atoms with Gasteiger partial charge >= 0.3 is 18.0 Å². The van der Waals surface area contributed by atoms with Crippen molar-refractivity contribution < 1.29 is 28.7 Å². The standard InChI is InChI=1S/C21H31N3O6/c1-5-6-14-24(30-16(4)25)20(22)23-21(27)29-19(15(2)3)28-18(26)13-12-17-10-8-7-9-11-17/h7-11,15,19H,5-6,12-14H2,1-4H3,(H2,22,23,27). The number of esters is 1. The molecular weight excluding hydrogens is 390 g/mol. The zero-order valence-corrected chi connectivity index (χ0v) is 18.0. The molecule has 166 valence electrons. The largest absolute Gasteiger partial charge is 0.425 e. The van der Waals surface area contributed by atoms with Crippen molar-refractivity contribution in [1.29, 1.82) is 5.41 Å². The monoisotopic (exact) mass is 421 g/mol. The fourth-order valence-corrected chi connectivity index (χ4v) is 2.33. The van der Waals surface area contributed by atoms with E-state index in [1.54, 1.807) is 13.8 Å². The lowest BCUT2D eigenvalue weighted by Crippen LogP contribution is -2.46. The molecule has 0 aliphatic carbocycles. The lowest BCUT2D eigenvalue weighted by Gasteiger charge is -2.24. The van der Waals surface area contributed by atoms with E-state index < -0.39 is 30.3 Å². The normalized spacial score (nSPS) is 11.4. The lowest BCUT2D eigenvalue weighted by molar-refractivity contribution is -0.176. The Kier molecular flexibility index (Phi) is 11.0. The van der Waals surface area contributed by atoms with Gasteiger partial charge in [-0.15, -0.1) is 0 Å². The maximum Gasteiger partial charge on any atom is 0.417 e. The molecule has 1 atom stereocenters. The summed E-state index contributed by atoms with van der Waals surface area (Å²) in [4.78, 5) is 40.4. The van der Waals surface area contributed by atoms with E-state index in [9.17, 15) is 14.4 Å². The second-order valence-corrected chi connectivity index (χ2v) is 7.01. The number of benzene rings is 1. The Morgan fingerprint density at radius 2 is 1.80 bits per heavy atom. The number of hydroxylamine groups is 2. The number of carbonyl (C=O) groups is 3. The third-order valence-electron chi connectivity index (χ3n) is 3.90. The summed E-state index contributed by atoms with van der Waals surface area (Å²) in [5.74, 6) is -1.85. The molecule has 9 nitrogen and oxygen atoms in total. The van der Waals surface area contributed by atoms with Crippen LogP contribution < -0.4 is 5.32 Å². The van der Waals surface area contributed by atoms with Crippen molar-refractivity contribution in [2.24, 2.45) is 5.92 Å². The number of hydrogen-bond acceptors (Lipinski definition) is 7. The minimum atomic E-state index is -1.11. The lowest BCUT2D eigenvalue weighted by atomic mass is 10.1. The van der Waals surface area contributed by atoms with E-state index in [1.807, 2.05) is 37.3 Å². The highest BCUT2D eigenvalue weighted by Crippen LogP contribution is 2.12. The van der Waals surface area contributed by atoms with Crippen LogP contribution in [0, 0.1) is 11.3 Å². The van der Waals surface area contributed by atoms with Crippen LogP contribution in [0.2, 0.25) is 0 Å². The van der Waals surface area contributed by atoms with Gasteiger partial charge in [0, 0.05) is 19.3 Å². The molecule has 1 aromatic rings. The highest BCUT2D eigenvalue weighted by Gasteiger charge is 2.24. The highest BCUT2D eigenvalue weighted by molar-refractivity contribution is 5.92. The molecule has 0 aliphatic rings. The van der Waals surface area contributed by atoms with Gasteiger partial charge in [-0.25, -0.2) is 4.79 Å². The van der Waals surface area contributed by atoms with Crippen LogP contribution in [-0.2, 0) is 30.3 Å². The molecule has 0 fully saturated rings. The predicted molar refractivity (Wildman–Crippen MR) is 110 cm³/mol. The Balaban J connectivity index is 2.57. The molecule has 0 radical (unpaired) electrons. The number of guanidine groups is 1. The first-order valence-electron chi connectivity index (χ1n) is 9.98. The van der Waals surface area contributed by atoms with Crippen molar-refractivity contribution >= 4 is 24.0 Å². The summed E-state index contributed by atoms with van der Waals surface area (Å²) in [6.45, 7) is 6.86. The van der Waals surface area contributed by atoms with Gasteiger partial charge < -0.3 is 14.3 Å². The van der Waals surface area contributed by atoms with Crippen LogP contribution in [0.5, 0.6) is 0 Å². The van der Waals surface area contributed by atoms with E-state index in [0.717, 1.165) is 17.0 Å². The van der Waals surface area contributed by atoms with Crippen molar-refractivity contribution in [3.63, 3.8) is 0 Å². The summed E-state index contributed by atoms with van der Waals surface area (Å²) in [5, 5.41) is 11.1. The summed E-state index contributed by atoms with van der Waals surface area (Å²) < 4.78 is 10.4. The third kappa shape index (κ3) is 9.90. The maximum absolute atomic E-state index is 12.2. The van der Waals surface area contributed by atoms with Crippen LogP contribution in [0.4, 0.5) is 4.79 Å². The summed E-state index contributed by atoms with van der Waals surface area (Å²) in [6.07, 6.45) is 0.0211. The average Bonchev–Trinajstić information content (AvgIpc) is 2.69. The fourth-order valence-electron chi connectivity index (χ4n) is 2.33. The van der Waals surface area contributed by atoms with E-state index in [4.69, 9.17) is 19.7 Å². The molecule has 1 aromatic carbocycles. The molecule has 0 heterocycles. The minimum absolute atomic E-state index is 0.144. The van der Waals surface area contributed by atoms with Crippen molar-refractivity contribution in [3.05, 3.63) is 35.9 Å². The van der Waals surface area contributed by atoms with Crippen molar-refractivity contribution in [2.45, 2.75) is 59.7 Å². The topological polar surface area (TPSA) is 118 Å². The molecule has 9 heteroatoms. The van der Waals surface area contributed by atoms with E-state index in [2.05, 4.69) is 5.32 Å². The van der Waals surface area contributed by atoms with Crippen molar-refractivity contribution in [2.75, 3.05) is 6.54 Å². The second kappa shape index (κ2) is 13.2. The van der Waals surface area contributed by atoms with Gasteiger partial charge in [-0.3, -0.25) is 20.3 Å². The number of carbonyl (C=O) groups excluding carboxylic acids is 3. The Morgan fingerprint density at radius 1 is 1.13 bits per heavy atom. The minimum Gasteiger partial charge on any atom is -0.425 e. The number of aryl methyl sites for hydroxylation is 1. The van der Waals surface area contributed by atoms with Crippen LogP contribution in [-0.4, -0.2) is 41.9 Å². The summed E-state index contributed by atoms with van der Waals surface area (Å²) >= 11 is 0. The Labute approximate surface area is 177 Å². The molecule has 30 heavy (non-hydrogen) atoms. The first-order chi connectivity index (χ1) is 14.2. The van der Waals surface area contributed by atoms with E-state index in [-0.39, 0.29) is 18.9 Å². The van der Waals surface area contributed by atoms with E-state index in [0.29, 0.717) is 12.8 Å². The molecule has 0 aromatic heterocycles. The molecule has 0 aliphatic heterocycles. The first kappa shape index (κ1) is 24.9. The quantitative estimate of drug-likeness (QED) is 0.206. The fraction of sp³-hybridized carbons (Fsp3) is 0.524. The molecule has 0 bridgehead atoms. The number of hydrogen-bond donors (Lipinski definition) is 2. The van der Waals surface area contributed by atoms with Gasteiger partial charge in [-0.05, 0) is 18.4 Å². The van der Waals surface area contributed by atoms with Gasteiger partial charge in [0.25, 0.3) is 6.29 Å². The van der Waals surface area contributed by atoms with Gasteiger partial charge in [-0.1, -0.05) is 57.5 Å². The number of unbranched alkanes of at least 4 members (excludes halogenated alkanes) is 1. The molecule has 1 unspecified atom stereocenters. The SMILES string of the molecule is CCCCN(OC(C)=O)C(=N)NC(=O)OC(OC(=O)CCc1ccccc1)C(C)C. The Morgan fingerprint density at radius 3 is 2.37 bits per heavy atom. The zero-order valence-electron chi connectivity index (χ0n) is 18.0. The van der Waals surface area contributed by atoms with Crippen LogP contribution in [0.1, 0.15) is 52.5 Å². The average molecular weight is 421 g/mol. The number of alkyl carbamates (subject to hydrolysis) is 1. The van der Waals surface area contributed by atoms with Gasteiger partial charge in [0.15, 0.2) is 0 Å². The predicted octanol–water partition coefficient (Wildman–Crippen LogP) is 3.39. The maximum atomic E-state index is 12.2. The van der Waals surface area contributed by atoms with E-state index >= 15 is 0 Å². The molecular formula is C21H31N3O6. The van der Waals surface area contributed by atoms with Crippen molar-refractivity contribution in [1.82, 2.24) is 10.4 Å². The van der Waals surface area contributed by atoms with Gasteiger partial charge in [0.1, 0.15) is 0 Å². The number of nitrogens with one attached hydrogen (secondary N) is 2. The zero-order chi connectivity index (χ0) is 22.5.